The van der Waals surface area contributed by atoms with Gasteiger partial charge in [0.1, 0.15) is 10.7 Å². The lowest BCUT2D eigenvalue weighted by molar-refractivity contribution is 0.167. The van der Waals surface area contributed by atoms with Gasteiger partial charge >= 0.3 is 0 Å². The maximum atomic E-state index is 12.6. The van der Waals surface area contributed by atoms with Gasteiger partial charge in [-0.25, -0.2) is 4.98 Å². The molecule has 0 bridgehead atoms. The summed E-state index contributed by atoms with van der Waals surface area (Å²) < 4.78 is 5.13. The van der Waals surface area contributed by atoms with Gasteiger partial charge in [-0.1, -0.05) is 6.07 Å². The summed E-state index contributed by atoms with van der Waals surface area (Å²) >= 11 is 3.14. The molecule has 0 aliphatic rings. The Labute approximate surface area is 142 Å². The van der Waals surface area contributed by atoms with Crippen LogP contribution in [0.4, 0.5) is 0 Å². The van der Waals surface area contributed by atoms with E-state index in [1.165, 1.54) is 11.3 Å². The fourth-order valence-electron chi connectivity index (χ4n) is 2.59. The Morgan fingerprint density at radius 3 is 2.91 bits per heavy atom. The van der Waals surface area contributed by atoms with Crippen LogP contribution in [0.15, 0.2) is 27.7 Å². The molecule has 5 nitrogen and oxygen atoms in total. The van der Waals surface area contributed by atoms with E-state index in [4.69, 9.17) is 4.74 Å². The topological polar surface area (TPSA) is 67.0 Å². The highest BCUT2D eigenvalue weighted by Crippen LogP contribution is 2.33. The number of nitrogens with one attached hydrogen (secondary N) is 2. The van der Waals surface area contributed by atoms with E-state index in [0.29, 0.717) is 17.8 Å². The normalized spacial score (nSPS) is 14.2. The van der Waals surface area contributed by atoms with Crippen molar-refractivity contribution in [1.82, 2.24) is 15.3 Å². The first-order chi connectivity index (χ1) is 11.1. The average Bonchev–Trinajstić information content (AvgIpc) is 3.15. The molecule has 23 heavy (non-hydrogen) atoms. The first-order valence-electron chi connectivity index (χ1n) is 7.40. The molecular weight excluding hydrogens is 330 g/mol. The summed E-state index contributed by atoms with van der Waals surface area (Å²) in [7, 11) is 1.67. The highest BCUT2D eigenvalue weighted by molar-refractivity contribution is 7.18. The standard InChI is InChI=1S/C16H19N3O2S2/c1-9(7-21-3)17-10(2)14-18-15(20)13-11(8-23-16(13)19-14)12-5-4-6-22-12/h4-6,8-10,17H,7H2,1-3H3,(H,18,19,20)/t9-,10+/m0/s1. The molecule has 3 aromatic rings. The predicted molar refractivity (Wildman–Crippen MR) is 96.4 cm³/mol. The van der Waals surface area contributed by atoms with Gasteiger partial charge < -0.3 is 15.0 Å². The van der Waals surface area contributed by atoms with Crippen molar-refractivity contribution in [2.75, 3.05) is 13.7 Å². The maximum Gasteiger partial charge on any atom is 0.260 e. The fraction of sp³-hybridized carbons (Fsp3) is 0.375. The highest BCUT2D eigenvalue weighted by atomic mass is 32.1. The van der Waals surface area contributed by atoms with E-state index in [0.717, 1.165) is 15.3 Å². The molecule has 0 aliphatic heterocycles. The average molecular weight is 349 g/mol. The van der Waals surface area contributed by atoms with Crippen LogP contribution in [0.2, 0.25) is 0 Å². The molecule has 0 saturated carbocycles. The van der Waals surface area contributed by atoms with Crippen LogP contribution < -0.4 is 10.9 Å². The number of fused-ring (bicyclic) bond motifs is 1. The van der Waals surface area contributed by atoms with Crippen LogP contribution >= 0.6 is 22.7 Å². The molecule has 3 rings (SSSR count). The third-order valence-electron chi connectivity index (χ3n) is 3.61. The lowest BCUT2D eigenvalue weighted by Crippen LogP contribution is -2.34. The van der Waals surface area contributed by atoms with E-state index in [-0.39, 0.29) is 17.6 Å². The lowest BCUT2D eigenvalue weighted by atomic mass is 10.2. The number of nitrogens with zero attached hydrogens (tertiary/aromatic N) is 1. The summed E-state index contributed by atoms with van der Waals surface area (Å²) in [5.41, 5.74) is 0.886. The van der Waals surface area contributed by atoms with Crippen molar-refractivity contribution >= 4 is 32.9 Å². The number of aromatic amines is 1. The third kappa shape index (κ3) is 3.37. The monoisotopic (exact) mass is 349 g/mol. The molecule has 0 saturated heterocycles. The number of H-pyrrole nitrogens is 1. The van der Waals surface area contributed by atoms with Crippen molar-refractivity contribution in [2.45, 2.75) is 25.9 Å². The van der Waals surface area contributed by atoms with Gasteiger partial charge in [0.25, 0.3) is 5.56 Å². The largest absolute Gasteiger partial charge is 0.383 e. The Morgan fingerprint density at radius 1 is 1.39 bits per heavy atom. The van der Waals surface area contributed by atoms with Gasteiger partial charge in [-0.15, -0.1) is 22.7 Å². The zero-order valence-electron chi connectivity index (χ0n) is 13.3. The Hall–Kier alpha value is -1.54. The lowest BCUT2D eigenvalue weighted by Gasteiger charge is -2.18. The fourth-order valence-corrected chi connectivity index (χ4v) is 4.36. The number of rotatable bonds is 6. The van der Waals surface area contributed by atoms with E-state index in [2.05, 4.69) is 15.3 Å². The predicted octanol–water partition coefficient (Wildman–Crippen LogP) is 3.40. The van der Waals surface area contributed by atoms with Crippen molar-refractivity contribution in [3.8, 4) is 10.4 Å². The molecule has 2 N–H and O–H groups in total. The maximum absolute atomic E-state index is 12.6. The van der Waals surface area contributed by atoms with Crippen LogP contribution in [0, 0.1) is 0 Å². The first-order valence-corrected chi connectivity index (χ1v) is 9.16. The zero-order valence-corrected chi connectivity index (χ0v) is 14.9. The highest BCUT2D eigenvalue weighted by Gasteiger charge is 2.17. The minimum absolute atomic E-state index is 0.0514. The molecule has 0 aromatic carbocycles. The number of methoxy groups -OCH3 is 1. The summed E-state index contributed by atoms with van der Waals surface area (Å²) in [6.07, 6.45) is 0. The molecule has 0 radical (unpaired) electrons. The van der Waals surface area contributed by atoms with Crippen molar-refractivity contribution in [3.05, 3.63) is 39.1 Å². The van der Waals surface area contributed by atoms with Gasteiger partial charge in [-0.05, 0) is 25.3 Å². The molecule has 7 heteroatoms. The first kappa shape index (κ1) is 16.3. The van der Waals surface area contributed by atoms with Gasteiger partial charge in [0, 0.05) is 29.0 Å². The van der Waals surface area contributed by atoms with Gasteiger partial charge in [-0.3, -0.25) is 4.79 Å². The second kappa shape index (κ2) is 6.92. The van der Waals surface area contributed by atoms with E-state index >= 15 is 0 Å². The quantitative estimate of drug-likeness (QED) is 0.716. The molecule has 3 aromatic heterocycles. The van der Waals surface area contributed by atoms with Crippen molar-refractivity contribution in [1.29, 1.82) is 0 Å². The van der Waals surface area contributed by atoms with Crippen LogP contribution in [0.1, 0.15) is 25.7 Å². The van der Waals surface area contributed by atoms with Gasteiger partial charge in [0.15, 0.2) is 0 Å². The summed E-state index contributed by atoms with van der Waals surface area (Å²) in [5.74, 6) is 0.657. The number of ether oxygens (including phenoxy) is 1. The molecule has 0 fully saturated rings. The van der Waals surface area contributed by atoms with E-state index in [1.807, 2.05) is 36.7 Å². The van der Waals surface area contributed by atoms with Gasteiger partial charge in [0.05, 0.1) is 18.0 Å². The summed E-state index contributed by atoms with van der Waals surface area (Å²) in [6, 6.07) is 4.14. The van der Waals surface area contributed by atoms with Crippen molar-refractivity contribution < 1.29 is 4.74 Å². The Balaban J connectivity index is 1.95. The van der Waals surface area contributed by atoms with Crippen LogP contribution in [0.5, 0.6) is 0 Å². The second-order valence-electron chi connectivity index (χ2n) is 5.50. The van der Waals surface area contributed by atoms with E-state index < -0.39 is 0 Å². The van der Waals surface area contributed by atoms with Crippen LogP contribution in [0.3, 0.4) is 0 Å². The molecule has 0 unspecified atom stereocenters. The number of hydrogen-bond acceptors (Lipinski definition) is 6. The van der Waals surface area contributed by atoms with E-state index in [9.17, 15) is 4.79 Å². The van der Waals surface area contributed by atoms with Crippen LogP contribution in [-0.4, -0.2) is 29.7 Å². The molecular formula is C16H19N3O2S2. The molecule has 3 heterocycles. The van der Waals surface area contributed by atoms with Crippen LogP contribution in [0.25, 0.3) is 20.7 Å². The van der Waals surface area contributed by atoms with Crippen LogP contribution in [-0.2, 0) is 4.74 Å². The summed E-state index contributed by atoms with van der Waals surface area (Å²) in [4.78, 5) is 22.0. The van der Waals surface area contributed by atoms with Crippen molar-refractivity contribution in [3.63, 3.8) is 0 Å². The van der Waals surface area contributed by atoms with Crippen molar-refractivity contribution in [2.24, 2.45) is 0 Å². The zero-order chi connectivity index (χ0) is 16.4. The van der Waals surface area contributed by atoms with E-state index in [1.54, 1.807) is 18.4 Å². The molecule has 0 aliphatic carbocycles. The SMILES string of the molecule is COC[C@H](C)N[C@H](C)c1nc2scc(-c3cccs3)c2c(=O)[nH]1. The summed E-state index contributed by atoms with van der Waals surface area (Å²) in [6.45, 7) is 4.64. The molecule has 122 valence electrons. The minimum Gasteiger partial charge on any atom is -0.383 e. The number of thiophene rings is 2. The smallest absolute Gasteiger partial charge is 0.260 e. The second-order valence-corrected chi connectivity index (χ2v) is 7.31. The Kier molecular flexibility index (Phi) is 4.91. The Bertz CT molecular complexity index is 839. The third-order valence-corrected chi connectivity index (χ3v) is 5.39. The summed E-state index contributed by atoms with van der Waals surface area (Å²) in [5, 5.41) is 8.07. The van der Waals surface area contributed by atoms with Gasteiger partial charge in [0.2, 0.25) is 0 Å². The van der Waals surface area contributed by atoms with Gasteiger partial charge in [-0.2, -0.15) is 0 Å². The Morgan fingerprint density at radius 2 is 2.22 bits per heavy atom. The molecule has 2 atom stereocenters. The minimum atomic E-state index is -0.0808. The molecule has 0 spiro atoms. The molecule has 0 amide bonds. The number of aromatic nitrogens is 2. The number of hydrogen-bond donors (Lipinski definition) is 2.